The Bertz CT molecular complexity index is 1480. The Kier molecular flexibility index (Phi) is 5.76. The van der Waals surface area contributed by atoms with Crippen molar-refractivity contribution in [1.82, 2.24) is 14.6 Å². The number of nitrogens with one attached hydrogen (secondary N) is 2. The Labute approximate surface area is 212 Å². The fourth-order valence-electron chi connectivity index (χ4n) is 4.30. The number of hydrogen-bond acceptors (Lipinski definition) is 6. The van der Waals surface area contributed by atoms with Crippen LogP contribution < -0.4 is 20.3 Å². The molecule has 186 valence electrons. The number of aromatic nitrogens is 3. The summed E-state index contributed by atoms with van der Waals surface area (Å²) < 4.78 is 7.39. The number of imidazole rings is 1. The van der Waals surface area contributed by atoms with Gasteiger partial charge in [-0.3, -0.25) is 14.4 Å². The van der Waals surface area contributed by atoms with Crippen LogP contribution in [0, 0.1) is 11.8 Å². The minimum absolute atomic E-state index is 0.0159. The molecule has 0 bridgehead atoms. The minimum atomic E-state index is -0.721. The predicted molar refractivity (Wildman–Crippen MR) is 136 cm³/mol. The van der Waals surface area contributed by atoms with Crippen molar-refractivity contribution in [2.24, 2.45) is 11.8 Å². The maximum absolute atomic E-state index is 12.8. The molecular weight excluding hydrogens is 472 g/mol. The molecule has 10 nitrogen and oxygen atoms in total. The van der Waals surface area contributed by atoms with Gasteiger partial charge in [0.05, 0.1) is 6.20 Å². The van der Waals surface area contributed by atoms with E-state index in [9.17, 15) is 14.4 Å². The van der Waals surface area contributed by atoms with Crippen molar-refractivity contribution in [2.45, 2.75) is 19.3 Å². The van der Waals surface area contributed by atoms with Gasteiger partial charge in [0.2, 0.25) is 23.6 Å². The number of amides is 3. The molecule has 0 spiro atoms. The molecule has 1 saturated heterocycles. The highest BCUT2D eigenvalue weighted by atomic mass is 16.5. The van der Waals surface area contributed by atoms with E-state index in [-0.39, 0.29) is 23.6 Å². The number of anilines is 3. The van der Waals surface area contributed by atoms with Crippen LogP contribution in [0.15, 0.2) is 72.9 Å². The van der Waals surface area contributed by atoms with E-state index >= 15 is 0 Å². The number of nitrogens with zero attached hydrogens (tertiary/aromatic N) is 4. The molecule has 2 N–H and O–H groups in total. The van der Waals surface area contributed by atoms with Crippen molar-refractivity contribution in [2.75, 3.05) is 22.1 Å². The second kappa shape index (κ2) is 9.38. The second-order valence-electron chi connectivity index (χ2n) is 9.15. The highest BCUT2D eigenvalue weighted by molar-refractivity contribution is 6.13. The predicted octanol–water partition coefficient (Wildman–Crippen LogP) is 3.86. The Morgan fingerprint density at radius 2 is 1.68 bits per heavy atom. The van der Waals surface area contributed by atoms with Gasteiger partial charge in [-0.05, 0) is 61.7 Å². The van der Waals surface area contributed by atoms with E-state index in [0.29, 0.717) is 41.7 Å². The molecule has 2 aromatic heterocycles. The van der Waals surface area contributed by atoms with Gasteiger partial charge in [0.25, 0.3) is 0 Å². The molecular formula is C27H24N6O4. The summed E-state index contributed by atoms with van der Waals surface area (Å²) in [6.45, 7) is 0.510. The van der Waals surface area contributed by atoms with Crippen molar-refractivity contribution in [3.05, 3.63) is 72.9 Å². The van der Waals surface area contributed by atoms with Crippen LogP contribution in [0.1, 0.15) is 19.3 Å². The van der Waals surface area contributed by atoms with Gasteiger partial charge in [-0.1, -0.05) is 18.2 Å². The van der Waals surface area contributed by atoms with Crippen LogP contribution in [-0.4, -0.2) is 38.9 Å². The smallest absolute Gasteiger partial charge is 0.239 e. The van der Waals surface area contributed by atoms with Crippen molar-refractivity contribution in [1.29, 1.82) is 0 Å². The summed E-state index contributed by atoms with van der Waals surface area (Å²) in [4.78, 5) is 43.5. The summed E-state index contributed by atoms with van der Waals surface area (Å²) in [5, 5.41) is 10.0. The Hall–Kier alpha value is -4.73. The maximum Gasteiger partial charge on any atom is 0.239 e. The molecule has 0 radical (unpaired) electrons. The van der Waals surface area contributed by atoms with Crippen molar-refractivity contribution in [3.63, 3.8) is 0 Å². The molecule has 2 fully saturated rings. The largest absolute Gasteiger partial charge is 0.438 e. The van der Waals surface area contributed by atoms with E-state index in [1.165, 1.54) is 0 Å². The zero-order valence-electron chi connectivity index (χ0n) is 19.8. The highest BCUT2D eigenvalue weighted by Gasteiger charge is 2.37. The lowest BCUT2D eigenvalue weighted by atomic mass is 10.1. The van der Waals surface area contributed by atoms with Crippen LogP contribution in [0.2, 0.25) is 0 Å². The lowest BCUT2D eigenvalue weighted by Crippen LogP contribution is -2.33. The summed E-state index contributed by atoms with van der Waals surface area (Å²) in [5.74, 6) is 0.160. The first-order valence-electron chi connectivity index (χ1n) is 12.2. The lowest BCUT2D eigenvalue weighted by Gasteiger charge is -2.16. The maximum atomic E-state index is 12.8. The fourth-order valence-corrected chi connectivity index (χ4v) is 4.30. The van der Waals surface area contributed by atoms with E-state index in [4.69, 9.17) is 4.74 Å². The molecule has 1 aliphatic carbocycles. The number of carbonyl (C=O) groups is 3. The third kappa shape index (κ3) is 4.86. The number of fused-ring (bicyclic) bond motifs is 1. The number of carbonyl (C=O) groups excluding carboxylic acids is 3. The standard InChI is InChI=1S/C27H24N6O4/c34-25(17-6-7-17)30-22-16-33-23(29-22)12-13-24(31-33)37-20-10-8-18(9-11-20)28-26(35)21-14-15-32(27(21)36)19-4-2-1-3-5-19/h1-5,8-13,16-17,21H,6-7,14-15H2,(H,28,35)(H,30,34). The van der Waals surface area contributed by atoms with Crippen molar-refractivity contribution >= 4 is 40.6 Å². The molecule has 6 rings (SSSR count). The van der Waals surface area contributed by atoms with Gasteiger partial charge < -0.3 is 20.3 Å². The van der Waals surface area contributed by atoms with E-state index in [2.05, 4.69) is 20.7 Å². The first kappa shape index (κ1) is 22.7. The summed E-state index contributed by atoms with van der Waals surface area (Å²) in [6, 6.07) is 19.6. The zero-order chi connectivity index (χ0) is 25.4. The number of ether oxygens (including phenoxy) is 1. The van der Waals surface area contributed by atoms with Gasteiger partial charge >= 0.3 is 0 Å². The fraction of sp³-hybridized carbons (Fsp3) is 0.222. The SMILES string of the molecule is O=C(Nc1cn2nc(Oc3ccc(NC(=O)C4CCN(c5ccccc5)C4=O)cc3)ccc2n1)C1CC1. The molecule has 3 amide bonds. The van der Waals surface area contributed by atoms with Gasteiger partial charge in [-0.15, -0.1) is 5.10 Å². The Balaban J connectivity index is 1.07. The third-order valence-electron chi connectivity index (χ3n) is 6.43. The molecule has 1 atom stereocenters. The monoisotopic (exact) mass is 496 g/mol. The third-order valence-corrected chi connectivity index (χ3v) is 6.43. The Morgan fingerprint density at radius 1 is 0.892 bits per heavy atom. The number of para-hydroxylation sites is 1. The topological polar surface area (TPSA) is 118 Å². The van der Waals surface area contributed by atoms with Crippen LogP contribution in [0.5, 0.6) is 11.6 Å². The van der Waals surface area contributed by atoms with E-state index < -0.39 is 5.92 Å². The van der Waals surface area contributed by atoms with Crippen LogP contribution in [0.4, 0.5) is 17.2 Å². The number of benzene rings is 2. The Morgan fingerprint density at radius 3 is 2.43 bits per heavy atom. The first-order valence-corrected chi connectivity index (χ1v) is 12.2. The van der Waals surface area contributed by atoms with Crippen molar-refractivity contribution in [3.8, 4) is 11.6 Å². The second-order valence-corrected chi connectivity index (χ2v) is 9.15. The lowest BCUT2D eigenvalue weighted by molar-refractivity contribution is -0.129. The molecule has 10 heteroatoms. The van der Waals surface area contributed by atoms with E-state index in [1.54, 1.807) is 52.0 Å². The molecule has 1 saturated carbocycles. The normalized spacial score (nSPS) is 17.1. The first-order chi connectivity index (χ1) is 18.0. The quantitative estimate of drug-likeness (QED) is 0.375. The molecule has 1 unspecified atom stereocenters. The zero-order valence-corrected chi connectivity index (χ0v) is 19.8. The van der Waals surface area contributed by atoms with E-state index in [1.807, 2.05) is 30.3 Å². The van der Waals surface area contributed by atoms with Crippen LogP contribution in [-0.2, 0) is 14.4 Å². The molecule has 37 heavy (non-hydrogen) atoms. The van der Waals surface area contributed by atoms with Gasteiger partial charge in [-0.25, -0.2) is 9.50 Å². The average Bonchev–Trinajstić information content (AvgIpc) is 3.58. The molecule has 2 aliphatic rings. The van der Waals surface area contributed by atoms with Gasteiger partial charge in [-0.2, -0.15) is 0 Å². The van der Waals surface area contributed by atoms with Gasteiger partial charge in [0.1, 0.15) is 11.7 Å². The minimum Gasteiger partial charge on any atom is -0.438 e. The van der Waals surface area contributed by atoms with Crippen LogP contribution in [0.3, 0.4) is 0 Å². The number of rotatable bonds is 7. The van der Waals surface area contributed by atoms with Gasteiger partial charge in [0, 0.05) is 29.9 Å². The average molecular weight is 497 g/mol. The molecule has 4 aromatic rings. The van der Waals surface area contributed by atoms with Crippen molar-refractivity contribution < 1.29 is 19.1 Å². The van der Waals surface area contributed by atoms with Crippen LogP contribution in [0.25, 0.3) is 5.65 Å². The van der Waals surface area contributed by atoms with Crippen LogP contribution >= 0.6 is 0 Å². The highest BCUT2D eigenvalue weighted by Crippen LogP contribution is 2.30. The molecule has 3 heterocycles. The molecule has 2 aromatic carbocycles. The van der Waals surface area contributed by atoms with Gasteiger partial charge in [0.15, 0.2) is 11.5 Å². The number of hydrogen-bond donors (Lipinski definition) is 2. The summed E-state index contributed by atoms with van der Waals surface area (Å²) in [6.07, 6.45) is 3.95. The summed E-state index contributed by atoms with van der Waals surface area (Å²) in [7, 11) is 0. The molecule has 1 aliphatic heterocycles. The van der Waals surface area contributed by atoms with E-state index in [0.717, 1.165) is 18.5 Å². The summed E-state index contributed by atoms with van der Waals surface area (Å²) >= 11 is 0. The summed E-state index contributed by atoms with van der Waals surface area (Å²) in [5.41, 5.74) is 1.95.